The minimum atomic E-state index is -0.836. The second kappa shape index (κ2) is 5.31. The van der Waals surface area contributed by atoms with Gasteiger partial charge in [-0.2, -0.15) is 0 Å². The number of benzene rings is 1. The van der Waals surface area contributed by atoms with E-state index in [2.05, 4.69) is 5.32 Å². The van der Waals surface area contributed by atoms with Crippen molar-refractivity contribution in [3.8, 4) is 0 Å². The topological polar surface area (TPSA) is 98.3 Å². The zero-order valence-electron chi connectivity index (χ0n) is 10.9. The number of nitrogens with two attached hydrogens (primary N) is 1. The quantitative estimate of drug-likeness (QED) is 0.648. The minimum absolute atomic E-state index is 0.0731. The SMILES string of the molecule is CC(C)(C)[C@@H](N)C(=O)Nc1ccc(F)cc1[N+](=O)[O-]. The van der Waals surface area contributed by atoms with Gasteiger partial charge in [-0.1, -0.05) is 20.8 Å². The van der Waals surface area contributed by atoms with Crippen LogP contribution in [-0.4, -0.2) is 16.9 Å². The number of nitrogens with zero attached hydrogens (tertiary/aromatic N) is 1. The number of nitrogens with one attached hydrogen (secondary N) is 1. The Morgan fingerprint density at radius 1 is 1.47 bits per heavy atom. The standard InChI is InChI=1S/C12H16FN3O3/c1-12(2,3)10(14)11(17)15-8-5-4-7(13)6-9(8)16(18)19/h4-6,10H,14H2,1-3H3,(H,15,17)/t10-/m0/s1. The summed E-state index contributed by atoms with van der Waals surface area (Å²) >= 11 is 0. The van der Waals surface area contributed by atoms with Crippen molar-refractivity contribution in [2.75, 3.05) is 5.32 Å². The van der Waals surface area contributed by atoms with E-state index in [1.807, 2.05) is 0 Å². The van der Waals surface area contributed by atoms with Crippen LogP contribution in [0.15, 0.2) is 18.2 Å². The summed E-state index contributed by atoms with van der Waals surface area (Å²) in [6, 6.07) is 2.08. The average molecular weight is 269 g/mol. The van der Waals surface area contributed by atoms with Gasteiger partial charge in [0.2, 0.25) is 5.91 Å². The van der Waals surface area contributed by atoms with Crippen molar-refractivity contribution >= 4 is 17.3 Å². The zero-order valence-corrected chi connectivity index (χ0v) is 10.9. The third-order valence-electron chi connectivity index (χ3n) is 2.63. The molecule has 0 spiro atoms. The molecule has 0 saturated heterocycles. The molecule has 0 aliphatic rings. The highest BCUT2D eigenvalue weighted by Crippen LogP contribution is 2.26. The summed E-state index contributed by atoms with van der Waals surface area (Å²) < 4.78 is 13.0. The summed E-state index contributed by atoms with van der Waals surface area (Å²) in [7, 11) is 0. The van der Waals surface area contributed by atoms with Crippen molar-refractivity contribution in [3.63, 3.8) is 0 Å². The summed E-state index contributed by atoms with van der Waals surface area (Å²) in [6.45, 7) is 5.32. The maximum atomic E-state index is 13.0. The molecule has 0 saturated carbocycles. The van der Waals surface area contributed by atoms with E-state index >= 15 is 0 Å². The number of anilines is 1. The lowest BCUT2D eigenvalue weighted by molar-refractivity contribution is -0.384. The third-order valence-corrected chi connectivity index (χ3v) is 2.63. The van der Waals surface area contributed by atoms with Crippen LogP contribution >= 0.6 is 0 Å². The number of carbonyl (C=O) groups is 1. The van der Waals surface area contributed by atoms with Gasteiger partial charge >= 0.3 is 0 Å². The highest BCUT2D eigenvalue weighted by molar-refractivity contribution is 5.97. The normalized spacial score (nSPS) is 12.9. The fourth-order valence-corrected chi connectivity index (χ4v) is 1.37. The Labute approximate surface area is 109 Å². The smallest absolute Gasteiger partial charge is 0.295 e. The van der Waals surface area contributed by atoms with Crippen LogP contribution in [0.5, 0.6) is 0 Å². The van der Waals surface area contributed by atoms with Crippen LogP contribution in [0.25, 0.3) is 0 Å². The Hall–Kier alpha value is -2.02. The molecular weight excluding hydrogens is 253 g/mol. The van der Waals surface area contributed by atoms with E-state index in [1.54, 1.807) is 20.8 Å². The van der Waals surface area contributed by atoms with Gasteiger partial charge in [0.05, 0.1) is 17.0 Å². The molecule has 0 fully saturated rings. The predicted octanol–water partition coefficient (Wildman–Crippen LogP) is 2.05. The molecule has 6 nitrogen and oxygen atoms in total. The first kappa shape index (κ1) is 15.0. The number of nitro groups is 1. The van der Waals surface area contributed by atoms with Gasteiger partial charge in [0.15, 0.2) is 0 Å². The Bertz CT molecular complexity index is 511. The number of amides is 1. The molecule has 0 radical (unpaired) electrons. The van der Waals surface area contributed by atoms with Crippen molar-refractivity contribution in [1.29, 1.82) is 0 Å². The van der Waals surface area contributed by atoms with E-state index in [0.29, 0.717) is 0 Å². The van der Waals surface area contributed by atoms with Gasteiger partial charge in [-0.3, -0.25) is 14.9 Å². The Morgan fingerprint density at radius 3 is 2.53 bits per heavy atom. The largest absolute Gasteiger partial charge is 0.319 e. The monoisotopic (exact) mass is 269 g/mol. The third kappa shape index (κ3) is 3.72. The van der Waals surface area contributed by atoms with Crippen LogP contribution in [0.3, 0.4) is 0 Å². The first-order valence-electron chi connectivity index (χ1n) is 5.63. The number of rotatable bonds is 3. The van der Waals surface area contributed by atoms with Crippen LogP contribution in [0, 0.1) is 21.3 Å². The molecule has 1 rings (SSSR count). The number of nitro benzene ring substituents is 1. The molecule has 0 unspecified atom stereocenters. The number of halogens is 1. The molecule has 3 N–H and O–H groups in total. The Balaban J connectivity index is 3.00. The number of carbonyl (C=O) groups excluding carboxylic acids is 1. The molecule has 0 heterocycles. The van der Waals surface area contributed by atoms with Crippen molar-refractivity contribution in [2.24, 2.45) is 11.1 Å². The molecule has 104 valence electrons. The fraction of sp³-hybridized carbons (Fsp3) is 0.417. The fourth-order valence-electron chi connectivity index (χ4n) is 1.37. The maximum absolute atomic E-state index is 13.0. The second-order valence-electron chi connectivity index (χ2n) is 5.25. The predicted molar refractivity (Wildman–Crippen MR) is 69.1 cm³/mol. The zero-order chi connectivity index (χ0) is 14.8. The van der Waals surface area contributed by atoms with E-state index in [0.717, 1.165) is 18.2 Å². The summed E-state index contributed by atoms with van der Waals surface area (Å²) in [6.07, 6.45) is 0. The van der Waals surface area contributed by atoms with Crippen LogP contribution < -0.4 is 11.1 Å². The lowest BCUT2D eigenvalue weighted by atomic mass is 9.87. The van der Waals surface area contributed by atoms with Crippen molar-refractivity contribution in [3.05, 3.63) is 34.1 Å². The molecule has 1 amide bonds. The van der Waals surface area contributed by atoms with Crippen LogP contribution in [0.1, 0.15) is 20.8 Å². The molecule has 0 aliphatic carbocycles. The summed E-state index contributed by atoms with van der Waals surface area (Å²) in [4.78, 5) is 21.9. The molecule has 0 bridgehead atoms. The molecular formula is C12H16FN3O3. The molecule has 1 atom stereocenters. The van der Waals surface area contributed by atoms with Crippen LogP contribution in [0.4, 0.5) is 15.8 Å². The number of hydrogen-bond donors (Lipinski definition) is 2. The molecule has 1 aromatic rings. The second-order valence-corrected chi connectivity index (χ2v) is 5.25. The van der Waals surface area contributed by atoms with Crippen molar-refractivity contribution < 1.29 is 14.1 Å². The van der Waals surface area contributed by atoms with Crippen LogP contribution in [-0.2, 0) is 4.79 Å². The van der Waals surface area contributed by atoms with Gasteiger partial charge in [-0.25, -0.2) is 4.39 Å². The summed E-state index contributed by atoms with van der Waals surface area (Å²) in [5.74, 6) is -1.30. The maximum Gasteiger partial charge on any atom is 0.295 e. The minimum Gasteiger partial charge on any atom is -0.319 e. The van der Waals surface area contributed by atoms with E-state index in [1.165, 1.54) is 0 Å². The van der Waals surface area contributed by atoms with E-state index < -0.39 is 33.8 Å². The van der Waals surface area contributed by atoms with Crippen LogP contribution in [0.2, 0.25) is 0 Å². The van der Waals surface area contributed by atoms with Gasteiger partial charge in [0.25, 0.3) is 5.69 Å². The number of hydrogen-bond acceptors (Lipinski definition) is 4. The summed E-state index contributed by atoms with van der Waals surface area (Å²) in [5, 5.41) is 13.1. The van der Waals surface area contributed by atoms with E-state index in [-0.39, 0.29) is 5.69 Å². The van der Waals surface area contributed by atoms with Gasteiger partial charge in [-0.15, -0.1) is 0 Å². The Kier molecular flexibility index (Phi) is 4.21. The first-order valence-corrected chi connectivity index (χ1v) is 5.63. The van der Waals surface area contributed by atoms with Gasteiger partial charge < -0.3 is 11.1 Å². The van der Waals surface area contributed by atoms with E-state index in [9.17, 15) is 19.3 Å². The first-order chi connectivity index (χ1) is 8.62. The average Bonchev–Trinajstić information content (AvgIpc) is 2.28. The lowest BCUT2D eigenvalue weighted by Gasteiger charge is -2.25. The van der Waals surface area contributed by atoms with Gasteiger partial charge in [0.1, 0.15) is 11.5 Å². The van der Waals surface area contributed by atoms with Gasteiger partial charge in [-0.05, 0) is 17.5 Å². The van der Waals surface area contributed by atoms with Gasteiger partial charge in [0, 0.05) is 0 Å². The van der Waals surface area contributed by atoms with E-state index in [4.69, 9.17) is 5.73 Å². The molecule has 1 aromatic carbocycles. The molecule has 7 heteroatoms. The molecule has 0 aromatic heterocycles. The molecule has 19 heavy (non-hydrogen) atoms. The van der Waals surface area contributed by atoms with Crippen molar-refractivity contribution in [1.82, 2.24) is 0 Å². The highest BCUT2D eigenvalue weighted by Gasteiger charge is 2.29. The lowest BCUT2D eigenvalue weighted by Crippen LogP contribution is -2.45. The summed E-state index contributed by atoms with van der Waals surface area (Å²) in [5.41, 5.74) is 4.68. The van der Waals surface area contributed by atoms with Crippen molar-refractivity contribution in [2.45, 2.75) is 26.8 Å². The Morgan fingerprint density at radius 2 is 2.05 bits per heavy atom. The molecule has 0 aliphatic heterocycles. The highest BCUT2D eigenvalue weighted by atomic mass is 19.1.